The van der Waals surface area contributed by atoms with E-state index in [2.05, 4.69) is 26.0 Å². The van der Waals surface area contributed by atoms with Crippen LogP contribution in [0.4, 0.5) is 0 Å². The zero-order chi connectivity index (χ0) is 14.3. The zero-order valence-electron chi connectivity index (χ0n) is 9.85. The standard InChI is InChI=1S/C13H6BrCl2N3O/c14-11-7-3-2-6-17-12(7)19(18-11)13(20)10-8(15)4-1-5-9(10)16/h1-6H. The highest BCUT2D eigenvalue weighted by Gasteiger charge is 2.21. The van der Waals surface area contributed by atoms with Crippen molar-refractivity contribution in [3.05, 3.63) is 56.7 Å². The molecule has 2 heterocycles. The minimum absolute atomic E-state index is 0.207. The highest BCUT2D eigenvalue weighted by molar-refractivity contribution is 9.10. The number of fused-ring (bicyclic) bond motifs is 1. The van der Waals surface area contributed by atoms with E-state index in [0.29, 0.717) is 10.3 Å². The number of benzene rings is 1. The number of rotatable bonds is 1. The quantitative estimate of drug-likeness (QED) is 0.645. The largest absolute Gasteiger partial charge is 0.283 e. The summed E-state index contributed by atoms with van der Waals surface area (Å²) in [4.78, 5) is 16.8. The van der Waals surface area contributed by atoms with Crippen LogP contribution in [-0.2, 0) is 0 Å². The van der Waals surface area contributed by atoms with Crippen molar-refractivity contribution < 1.29 is 4.79 Å². The summed E-state index contributed by atoms with van der Waals surface area (Å²) in [5.41, 5.74) is 0.652. The normalized spacial score (nSPS) is 10.9. The van der Waals surface area contributed by atoms with Gasteiger partial charge in [-0.25, -0.2) is 4.98 Å². The number of halogens is 3. The van der Waals surface area contributed by atoms with Crippen molar-refractivity contribution in [3.8, 4) is 0 Å². The molecule has 20 heavy (non-hydrogen) atoms. The van der Waals surface area contributed by atoms with E-state index in [1.165, 1.54) is 4.68 Å². The molecule has 0 bridgehead atoms. The van der Waals surface area contributed by atoms with Gasteiger partial charge in [0.05, 0.1) is 21.0 Å². The summed E-state index contributed by atoms with van der Waals surface area (Å²) in [7, 11) is 0. The van der Waals surface area contributed by atoms with Crippen LogP contribution in [0.15, 0.2) is 41.1 Å². The van der Waals surface area contributed by atoms with Gasteiger partial charge in [0.1, 0.15) is 4.60 Å². The third-order valence-electron chi connectivity index (χ3n) is 2.77. The minimum Gasteiger partial charge on any atom is -0.267 e. The van der Waals surface area contributed by atoms with Gasteiger partial charge in [-0.3, -0.25) is 4.79 Å². The third kappa shape index (κ3) is 2.12. The van der Waals surface area contributed by atoms with E-state index in [9.17, 15) is 4.79 Å². The van der Waals surface area contributed by atoms with Crippen LogP contribution in [0.1, 0.15) is 10.4 Å². The summed E-state index contributed by atoms with van der Waals surface area (Å²) in [6, 6.07) is 8.48. The van der Waals surface area contributed by atoms with E-state index in [1.807, 2.05) is 6.07 Å². The SMILES string of the molecule is O=C(c1c(Cl)cccc1Cl)n1nc(Br)c2cccnc21. The lowest BCUT2D eigenvalue weighted by molar-refractivity contribution is 0.0950. The fourth-order valence-corrected chi connectivity index (χ4v) is 2.89. The van der Waals surface area contributed by atoms with Gasteiger partial charge in [-0.1, -0.05) is 29.3 Å². The molecule has 0 aliphatic carbocycles. The minimum atomic E-state index is -0.421. The van der Waals surface area contributed by atoms with Crippen LogP contribution in [0.5, 0.6) is 0 Å². The van der Waals surface area contributed by atoms with Crippen LogP contribution < -0.4 is 0 Å². The summed E-state index contributed by atoms with van der Waals surface area (Å²) < 4.78 is 1.73. The summed E-state index contributed by atoms with van der Waals surface area (Å²) in [5.74, 6) is -0.421. The van der Waals surface area contributed by atoms with Crippen molar-refractivity contribution in [1.82, 2.24) is 14.8 Å². The summed E-state index contributed by atoms with van der Waals surface area (Å²) in [5, 5.41) is 5.44. The van der Waals surface area contributed by atoms with Crippen LogP contribution in [0, 0.1) is 0 Å². The fourth-order valence-electron chi connectivity index (χ4n) is 1.87. The molecule has 0 unspecified atom stereocenters. The number of pyridine rings is 1. The molecule has 0 aliphatic rings. The maximum atomic E-state index is 12.6. The molecule has 2 aromatic heterocycles. The molecule has 0 spiro atoms. The van der Waals surface area contributed by atoms with Crippen molar-refractivity contribution in [2.24, 2.45) is 0 Å². The highest BCUT2D eigenvalue weighted by Crippen LogP contribution is 2.27. The van der Waals surface area contributed by atoms with Crippen molar-refractivity contribution in [1.29, 1.82) is 0 Å². The molecule has 1 aromatic carbocycles. The average Bonchev–Trinajstić information content (AvgIpc) is 2.76. The Hall–Kier alpha value is -1.43. The van der Waals surface area contributed by atoms with Crippen LogP contribution in [0.2, 0.25) is 10.0 Å². The third-order valence-corrected chi connectivity index (χ3v) is 3.98. The first-order chi connectivity index (χ1) is 9.59. The van der Waals surface area contributed by atoms with Crippen LogP contribution in [-0.4, -0.2) is 20.7 Å². The molecule has 3 rings (SSSR count). The Morgan fingerprint density at radius 3 is 2.55 bits per heavy atom. The predicted octanol–water partition coefficient (Wildman–Crippen LogP) is 4.19. The second-order valence-corrected chi connectivity index (χ2v) is 5.54. The number of carbonyl (C=O) groups excluding carboxylic acids is 1. The van der Waals surface area contributed by atoms with Gasteiger partial charge in [0.15, 0.2) is 5.65 Å². The Morgan fingerprint density at radius 1 is 1.15 bits per heavy atom. The van der Waals surface area contributed by atoms with Crippen LogP contribution in [0.25, 0.3) is 11.0 Å². The van der Waals surface area contributed by atoms with Crippen LogP contribution in [0.3, 0.4) is 0 Å². The number of hydrogen-bond donors (Lipinski definition) is 0. The van der Waals surface area contributed by atoms with Gasteiger partial charge >= 0.3 is 0 Å². The second-order valence-electron chi connectivity index (χ2n) is 3.98. The van der Waals surface area contributed by atoms with Crippen molar-refractivity contribution in [2.75, 3.05) is 0 Å². The molecule has 0 amide bonds. The number of hydrogen-bond acceptors (Lipinski definition) is 3. The topological polar surface area (TPSA) is 47.8 Å². The second kappa shape index (κ2) is 5.16. The average molecular weight is 371 g/mol. The molecule has 0 fully saturated rings. The first kappa shape index (κ1) is 13.5. The smallest absolute Gasteiger partial charge is 0.267 e. The first-order valence-corrected chi connectivity index (χ1v) is 7.12. The molecular formula is C13H6BrCl2N3O. The Labute approximate surface area is 132 Å². The van der Waals surface area contributed by atoms with E-state index in [4.69, 9.17) is 23.2 Å². The molecule has 0 saturated heterocycles. The molecule has 0 saturated carbocycles. The van der Waals surface area contributed by atoms with Gasteiger partial charge in [0, 0.05) is 6.20 Å². The Morgan fingerprint density at radius 2 is 1.85 bits per heavy atom. The van der Waals surface area contributed by atoms with E-state index in [1.54, 1.807) is 30.5 Å². The maximum absolute atomic E-state index is 12.6. The lowest BCUT2D eigenvalue weighted by Crippen LogP contribution is -2.15. The molecule has 0 radical (unpaired) electrons. The molecular weight excluding hydrogens is 365 g/mol. The van der Waals surface area contributed by atoms with Crippen molar-refractivity contribution in [2.45, 2.75) is 0 Å². The Balaban J connectivity index is 2.24. The molecule has 100 valence electrons. The summed E-state index contributed by atoms with van der Waals surface area (Å²) in [6.45, 7) is 0. The molecule has 0 atom stereocenters. The van der Waals surface area contributed by atoms with Gasteiger partial charge in [-0.2, -0.15) is 9.78 Å². The van der Waals surface area contributed by atoms with Gasteiger partial charge in [-0.15, -0.1) is 0 Å². The van der Waals surface area contributed by atoms with E-state index >= 15 is 0 Å². The Bertz CT molecular complexity index is 811. The summed E-state index contributed by atoms with van der Waals surface area (Å²) >= 11 is 15.4. The molecule has 3 aromatic rings. The predicted molar refractivity (Wildman–Crippen MR) is 81.4 cm³/mol. The number of carbonyl (C=O) groups is 1. The van der Waals surface area contributed by atoms with E-state index in [-0.39, 0.29) is 15.6 Å². The van der Waals surface area contributed by atoms with E-state index < -0.39 is 5.91 Å². The first-order valence-electron chi connectivity index (χ1n) is 5.57. The van der Waals surface area contributed by atoms with E-state index in [0.717, 1.165) is 5.39 Å². The molecule has 0 N–H and O–H groups in total. The number of nitrogens with zero attached hydrogens (tertiary/aromatic N) is 3. The lowest BCUT2D eigenvalue weighted by Gasteiger charge is -2.05. The molecule has 0 aliphatic heterocycles. The fraction of sp³-hybridized carbons (Fsp3) is 0. The van der Waals surface area contributed by atoms with Crippen molar-refractivity contribution in [3.63, 3.8) is 0 Å². The highest BCUT2D eigenvalue weighted by atomic mass is 79.9. The number of aromatic nitrogens is 3. The van der Waals surface area contributed by atoms with Crippen molar-refractivity contribution >= 4 is 56.1 Å². The lowest BCUT2D eigenvalue weighted by atomic mass is 10.2. The monoisotopic (exact) mass is 369 g/mol. The molecule has 4 nitrogen and oxygen atoms in total. The van der Waals surface area contributed by atoms with Gasteiger partial charge in [0.25, 0.3) is 5.91 Å². The summed E-state index contributed by atoms with van der Waals surface area (Å²) in [6.07, 6.45) is 1.59. The maximum Gasteiger partial charge on any atom is 0.283 e. The van der Waals surface area contributed by atoms with Gasteiger partial charge in [-0.05, 0) is 40.2 Å². The van der Waals surface area contributed by atoms with Gasteiger partial charge < -0.3 is 0 Å². The molecule has 7 heteroatoms. The van der Waals surface area contributed by atoms with Gasteiger partial charge in [0.2, 0.25) is 0 Å². The Kier molecular flexibility index (Phi) is 3.50. The van der Waals surface area contributed by atoms with Crippen LogP contribution >= 0.6 is 39.1 Å². The zero-order valence-corrected chi connectivity index (χ0v) is 12.9.